The van der Waals surface area contributed by atoms with Crippen LogP contribution in [0.25, 0.3) is 6.08 Å². The number of ether oxygens (including phenoxy) is 1. The molecule has 4 rings (SSSR count). The van der Waals surface area contributed by atoms with Crippen molar-refractivity contribution >= 4 is 29.4 Å². The summed E-state index contributed by atoms with van der Waals surface area (Å²) in [7, 11) is 1.66. The lowest BCUT2D eigenvalue weighted by atomic mass is 9.70. The molecule has 4 nitrogen and oxygen atoms in total. The lowest BCUT2D eigenvalue weighted by Gasteiger charge is -2.33. The standard InChI is InChI=1S/C25H26ClNO3/c1-24(2)20-13-14-25(24,3)22(19(20)15-16-9-11-17(29-4)12-10-16)27-30-23(28)18-7-5-6-8-21(18)26/h5-12,15,20H,13-14H2,1-4H3/b19-15+,27-22+/t20-,25+/m1/s1. The van der Waals surface area contributed by atoms with Gasteiger partial charge in [-0.15, -0.1) is 0 Å². The molecule has 2 atom stereocenters. The van der Waals surface area contributed by atoms with Crippen LogP contribution in [-0.2, 0) is 4.84 Å². The maximum absolute atomic E-state index is 12.6. The molecule has 2 aliphatic rings. The summed E-state index contributed by atoms with van der Waals surface area (Å²) in [5, 5.41) is 4.78. The van der Waals surface area contributed by atoms with Gasteiger partial charge in [0.25, 0.3) is 0 Å². The summed E-state index contributed by atoms with van der Waals surface area (Å²) in [6.45, 7) is 6.79. The first-order chi connectivity index (χ1) is 14.3. The third kappa shape index (κ3) is 3.24. The van der Waals surface area contributed by atoms with Crippen molar-refractivity contribution in [3.63, 3.8) is 0 Å². The summed E-state index contributed by atoms with van der Waals surface area (Å²) in [5.74, 6) is 0.642. The van der Waals surface area contributed by atoms with Crippen molar-refractivity contribution in [3.05, 3.63) is 70.3 Å². The van der Waals surface area contributed by atoms with Gasteiger partial charge in [0.15, 0.2) is 0 Å². The first-order valence-corrected chi connectivity index (χ1v) is 10.6. The van der Waals surface area contributed by atoms with Gasteiger partial charge < -0.3 is 9.57 Å². The molecule has 2 aromatic rings. The van der Waals surface area contributed by atoms with E-state index in [0.29, 0.717) is 16.5 Å². The number of oxime groups is 1. The summed E-state index contributed by atoms with van der Waals surface area (Å²) in [5.41, 5.74) is 3.27. The molecule has 0 saturated heterocycles. The Morgan fingerprint density at radius 2 is 1.83 bits per heavy atom. The molecular formula is C25H26ClNO3. The van der Waals surface area contributed by atoms with Crippen LogP contribution in [0.5, 0.6) is 5.75 Å². The van der Waals surface area contributed by atoms with E-state index in [4.69, 9.17) is 21.2 Å². The van der Waals surface area contributed by atoms with Gasteiger partial charge in [-0.3, -0.25) is 0 Å². The Morgan fingerprint density at radius 3 is 2.50 bits per heavy atom. The molecule has 156 valence electrons. The molecule has 0 spiro atoms. The van der Waals surface area contributed by atoms with Gasteiger partial charge in [0.1, 0.15) is 5.75 Å². The SMILES string of the molecule is COc1ccc(/C=C2/C(=N\OC(=O)c3ccccc3Cl)[C@]3(C)CC[C@H]2C3(C)C)cc1. The predicted molar refractivity (Wildman–Crippen MR) is 120 cm³/mol. The van der Waals surface area contributed by atoms with Gasteiger partial charge in [-0.2, -0.15) is 0 Å². The van der Waals surface area contributed by atoms with E-state index < -0.39 is 5.97 Å². The minimum Gasteiger partial charge on any atom is -0.497 e. The van der Waals surface area contributed by atoms with E-state index >= 15 is 0 Å². The van der Waals surface area contributed by atoms with Crippen molar-refractivity contribution in [2.45, 2.75) is 33.6 Å². The average Bonchev–Trinajstić information content (AvgIpc) is 3.05. The molecule has 2 fully saturated rings. The quantitative estimate of drug-likeness (QED) is 0.422. The fourth-order valence-electron chi connectivity index (χ4n) is 4.92. The highest BCUT2D eigenvalue weighted by atomic mass is 35.5. The van der Waals surface area contributed by atoms with Gasteiger partial charge >= 0.3 is 5.97 Å². The van der Waals surface area contributed by atoms with Crippen molar-refractivity contribution in [1.82, 2.24) is 0 Å². The second-order valence-electron chi connectivity index (χ2n) is 8.82. The zero-order chi connectivity index (χ0) is 21.5. The number of halogens is 1. The Morgan fingerprint density at radius 1 is 1.13 bits per heavy atom. The van der Waals surface area contributed by atoms with Crippen LogP contribution in [0.1, 0.15) is 49.5 Å². The Kier molecular flexibility index (Phi) is 5.23. The summed E-state index contributed by atoms with van der Waals surface area (Å²) in [6, 6.07) is 14.8. The Labute approximate surface area is 182 Å². The van der Waals surface area contributed by atoms with Gasteiger partial charge in [-0.05, 0) is 65.7 Å². The number of methoxy groups -OCH3 is 1. The third-order valence-electron chi connectivity index (χ3n) is 7.15. The van der Waals surface area contributed by atoms with Crippen LogP contribution >= 0.6 is 11.6 Å². The van der Waals surface area contributed by atoms with Crippen LogP contribution in [0, 0.1) is 16.7 Å². The molecular weight excluding hydrogens is 398 g/mol. The number of allylic oxidation sites excluding steroid dienone is 1. The monoisotopic (exact) mass is 423 g/mol. The first-order valence-electron chi connectivity index (χ1n) is 10.2. The van der Waals surface area contributed by atoms with Crippen LogP contribution in [0.4, 0.5) is 0 Å². The van der Waals surface area contributed by atoms with Gasteiger partial charge in [0.05, 0.1) is 23.4 Å². The van der Waals surface area contributed by atoms with E-state index in [1.807, 2.05) is 24.3 Å². The molecule has 2 aliphatic carbocycles. The van der Waals surface area contributed by atoms with Crippen LogP contribution in [0.15, 0.2) is 59.3 Å². The maximum atomic E-state index is 12.6. The molecule has 5 heteroatoms. The van der Waals surface area contributed by atoms with Gasteiger partial charge in [-0.25, -0.2) is 4.79 Å². The summed E-state index contributed by atoms with van der Waals surface area (Å²) >= 11 is 6.14. The topological polar surface area (TPSA) is 47.9 Å². The average molecular weight is 424 g/mol. The van der Waals surface area contributed by atoms with Crippen molar-refractivity contribution in [2.24, 2.45) is 21.9 Å². The number of rotatable bonds is 4. The number of carbonyl (C=O) groups excluding carboxylic acids is 1. The minimum atomic E-state index is -0.541. The van der Waals surface area contributed by atoms with Crippen LogP contribution < -0.4 is 4.74 Å². The molecule has 2 aromatic carbocycles. The molecule has 2 saturated carbocycles. The van der Waals surface area contributed by atoms with Crippen LogP contribution in [0.3, 0.4) is 0 Å². The molecule has 2 bridgehead atoms. The summed E-state index contributed by atoms with van der Waals surface area (Å²) in [4.78, 5) is 18.0. The van der Waals surface area contributed by atoms with Gasteiger partial charge in [0, 0.05) is 5.41 Å². The van der Waals surface area contributed by atoms with Crippen LogP contribution in [0.2, 0.25) is 5.02 Å². The Hall–Kier alpha value is -2.59. The molecule has 0 heterocycles. The van der Waals surface area contributed by atoms with E-state index in [-0.39, 0.29) is 10.8 Å². The number of hydrogen-bond donors (Lipinski definition) is 0. The van der Waals surface area contributed by atoms with Gasteiger partial charge in [0.2, 0.25) is 0 Å². The number of hydrogen-bond acceptors (Lipinski definition) is 4. The normalized spacial score (nSPS) is 26.9. The smallest absolute Gasteiger partial charge is 0.367 e. The van der Waals surface area contributed by atoms with Crippen molar-refractivity contribution in [1.29, 1.82) is 0 Å². The zero-order valence-electron chi connectivity index (χ0n) is 17.7. The molecule has 0 radical (unpaired) electrons. The number of benzene rings is 2. The van der Waals surface area contributed by atoms with Crippen molar-refractivity contribution in [2.75, 3.05) is 7.11 Å². The molecule has 0 N–H and O–H groups in total. The van der Waals surface area contributed by atoms with Crippen molar-refractivity contribution < 1.29 is 14.4 Å². The lowest BCUT2D eigenvalue weighted by molar-refractivity contribution is 0.0509. The summed E-state index contributed by atoms with van der Waals surface area (Å²) in [6.07, 6.45) is 4.29. The van der Waals surface area contributed by atoms with E-state index in [0.717, 1.165) is 35.4 Å². The molecule has 0 amide bonds. The lowest BCUT2D eigenvalue weighted by Crippen LogP contribution is -2.33. The largest absolute Gasteiger partial charge is 0.497 e. The van der Waals surface area contributed by atoms with E-state index in [1.165, 1.54) is 0 Å². The fourth-order valence-corrected chi connectivity index (χ4v) is 5.13. The summed E-state index contributed by atoms with van der Waals surface area (Å²) < 4.78 is 5.26. The van der Waals surface area contributed by atoms with Crippen molar-refractivity contribution in [3.8, 4) is 5.75 Å². The number of nitrogens with zero attached hydrogens (tertiary/aromatic N) is 1. The molecule has 0 unspecified atom stereocenters. The van der Waals surface area contributed by atoms with E-state index in [2.05, 4.69) is 32.0 Å². The second kappa shape index (κ2) is 7.59. The Bertz CT molecular complexity index is 1040. The predicted octanol–water partition coefficient (Wildman–Crippen LogP) is 6.40. The van der Waals surface area contributed by atoms with E-state index in [9.17, 15) is 4.79 Å². The Balaban J connectivity index is 1.71. The molecule has 0 aromatic heterocycles. The number of fused-ring (bicyclic) bond motifs is 2. The molecule has 30 heavy (non-hydrogen) atoms. The highest BCUT2D eigenvalue weighted by Crippen LogP contribution is 2.66. The minimum absolute atomic E-state index is 0.0287. The first kappa shape index (κ1) is 20.7. The van der Waals surface area contributed by atoms with Gasteiger partial charge in [-0.1, -0.05) is 61.8 Å². The maximum Gasteiger partial charge on any atom is 0.367 e. The highest BCUT2D eigenvalue weighted by molar-refractivity contribution is 6.33. The van der Waals surface area contributed by atoms with Crippen LogP contribution in [-0.4, -0.2) is 18.8 Å². The third-order valence-corrected chi connectivity index (χ3v) is 7.48. The zero-order valence-corrected chi connectivity index (χ0v) is 18.5. The fraction of sp³-hybridized carbons (Fsp3) is 0.360. The second-order valence-corrected chi connectivity index (χ2v) is 9.22. The highest BCUT2D eigenvalue weighted by Gasteiger charge is 2.63. The van der Waals surface area contributed by atoms with E-state index in [1.54, 1.807) is 31.4 Å². The molecule has 0 aliphatic heterocycles. The number of carbonyl (C=O) groups is 1.